The van der Waals surface area contributed by atoms with E-state index in [1.165, 1.54) is 0 Å². The molecular weight excluding hydrogens is 226 g/mol. The van der Waals surface area contributed by atoms with Crippen LogP contribution < -0.4 is 11.1 Å². The molecule has 1 aromatic rings. The molecule has 0 aliphatic rings. The highest BCUT2D eigenvalue weighted by atomic mass is 16.1. The number of hydrogen-bond acceptors (Lipinski definition) is 3. The summed E-state index contributed by atoms with van der Waals surface area (Å²) in [7, 11) is 0. The summed E-state index contributed by atoms with van der Waals surface area (Å²) in [6.45, 7) is 6.79. The van der Waals surface area contributed by atoms with Crippen LogP contribution in [0.2, 0.25) is 0 Å². The molecule has 0 radical (unpaired) electrons. The van der Waals surface area contributed by atoms with E-state index in [1.807, 2.05) is 32.9 Å². The van der Waals surface area contributed by atoms with Crippen molar-refractivity contribution in [2.75, 3.05) is 6.54 Å². The molecule has 0 saturated carbocycles. The molecule has 1 amide bonds. The average Bonchev–Trinajstić information content (AvgIpc) is 2.30. The van der Waals surface area contributed by atoms with Crippen molar-refractivity contribution in [3.63, 3.8) is 0 Å². The fourth-order valence-electron chi connectivity index (χ4n) is 1.56. The molecule has 0 aliphatic heterocycles. The number of primary amides is 1. The summed E-state index contributed by atoms with van der Waals surface area (Å²) in [6, 6.07) is 7.69. The number of benzene rings is 1. The Morgan fingerprint density at radius 1 is 1.50 bits per heavy atom. The first-order valence-corrected chi connectivity index (χ1v) is 5.87. The Morgan fingerprint density at radius 2 is 2.17 bits per heavy atom. The number of nitrogens with one attached hydrogen (secondary N) is 1. The number of carbonyl (C=O) groups is 1. The van der Waals surface area contributed by atoms with Crippen LogP contribution in [0.15, 0.2) is 18.2 Å². The van der Waals surface area contributed by atoms with Crippen molar-refractivity contribution in [2.45, 2.75) is 27.3 Å². The number of rotatable bonds is 5. The summed E-state index contributed by atoms with van der Waals surface area (Å²) in [5.41, 5.74) is 7.60. The van der Waals surface area contributed by atoms with Crippen molar-refractivity contribution in [1.29, 1.82) is 5.26 Å². The Bertz CT molecular complexity index is 486. The second-order valence-electron chi connectivity index (χ2n) is 5.10. The van der Waals surface area contributed by atoms with E-state index in [0.717, 1.165) is 11.1 Å². The molecule has 96 valence electrons. The lowest BCUT2D eigenvalue weighted by molar-refractivity contribution is -0.125. The number of nitriles is 1. The molecule has 1 aromatic carbocycles. The standard InChI is InChI=1S/C14H19N3O/c1-10-6-11(7-15)4-5-12(10)8-17-9-14(2,3)13(16)18/h4-6,17H,8-9H2,1-3H3,(H2,16,18). The van der Waals surface area contributed by atoms with Crippen LogP contribution in [0.3, 0.4) is 0 Å². The summed E-state index contributed by atoms with van der Waals surface area (Å²) in [4.78, 5) is 11.2. The van der Waals surface area contributed by atoms with Crippen LogP contribution in [0.1, 0.15) is 30.5 Å². The molecule has 0 heterocycles. The van der Waals surface area contributed by atoms with Gasteiger partial charge >= 0.3 is 0 Å². The van der Waals surface area contributed by atoms with Gasteiger partial charge in [-0.25, -0.2) is 0 Å². The second kappa shape index (κ2) is 5.65. The summed E-state index contributed by atoms with van der Waals surface area (Å²) in [6.07, 6.45) is 0. The van der Waals surface area contributed by atoms with Gasteiger partial charge in [0.05, 0.1) is 17.0 Å². The summed E-state index contributed by atoms with van der Waals surface area (Å²) in [5.74, 6) is -0.313. The van der Waals surface area contributed by atoms with Gasteiger partial charge in [0.25, 0.3) is 0 Å². The lowest BCUT2D eigenvalue weighted by atomic mass is 9.92. The zero-order chi connectivity index (χ0) is 13.8. The maximum atomic E-state index is 11.2. The van der Waals surface area contributed by atoms with E-state index in [-0.39, 0.29) is 5.91 Å². The van der Waals surface area contributed by atoms with Gasteiger partial charge in [-0.1, -0.05) is 6.07 Å². The first-order chi connectivity index (χ1) is 8.36. The van der Waals surface area contributed by atoms with E-state index in [2.05, 4.69) is 11.4 Å². The van der Waals surface area contributed by atoms with Crippen molar-refractivity contribution >= 4 is 5.91 Å². The van der Waals surface area contributed by atoms with E-state index in [0.29, 0.717) is 18.7 Å². The van der Waals surface area contributed by atoms with Crippen LogP contribution in [0.4, 0.5) is 0 Å². The SMILES string of the molecule is Cc1cc(C#N)ccc1CNCC(C)(C)C(N)=O. The smallest absolute Gasteiger partial charge is 0.224 e. The zero-order valence-electron chi connectivity index (χ0n) is 11.1. The molecule has 0 saturated heterocycles. The number of hydrogen-bond donors (Lipinski definition) is 2. The van der Waals surface area contributed by atoms with Gasteiger partial charge in [-0.3, -0.25) is 4.79 Å². The molecule has 4 nitrogen and oxygen atoms in total. The highest BCUT2D eigenvalue weighted by molar-refractivity contribution is 5.80. The predicted octanol–water partition coefficient (Wildman–Crippen LogP) is 1.47. The molecule has 0 aliphatic carbocycles. The molecule has 3 N–H and O–H groups in total. The molecular formula is C14H19N3O. The monoisotopic (exact) mass is 245 g/mol. The Morgan fingerprint density at radius 3 is 2.67 bits per heavy atom. The first kappa shape index (κ1) is 14.2. The predicted molar refractivity (Wildman–Crippen MR) is 70.6 cm³/mol. The van der Waals surface area contributed by atoms with Gasteiger partial charge in [0.15, 0.2) is 0 Å². The summed E-state index contributed by atoms with van der Waals surface area (Å²) in [5, 5.41) is 12.0. The van der Waals surface area contributed by atoms with Crippen LogP contribution in [0.25, 0.3) is 0 Å². The third kappa shape index (κ3) is 3.57. The molecule has 18 heavy (non-hydrogen) atoms. The van der Waals surface area contributed by atoms with Crippen LogP contribution in [-0.4, -0.2) is 12.5 Å². The average molecular weight is 245 g/mol. The van der Waals surface area contributed by atoms with E-state index < -0.39 is 5.41 Å². The lowest BCUT2D eigenvalue weighted by Gasteiger charge is -2.21. The summed E-state index contributed by atoms with van der Waals surface area (Å²) < 4.78 is 0. The zero-order valence-corrected chi connectivity index (χ0v) is 11.1. The fraction of sp³-hybridized carbons (Fsp3) is 0.429. The summed E-state index contributed by atoms with van der Waals surface area (Å²) >= 11 is 0. The lowest BCUT2D eigenvalue weighted by Crippen LogP contribution is -2.40. The van der Waals surface area contributed by atoms with Crippen molar-refractivity contribution in [3.8, 4) is 6.07 Å². The van der Waals surface area contributed by atoms with Gasteiger partial charge in [0.1, 0.15) is 0 Å². The van der Waals surface area contributed by atoms with Gasteiger partial charge in [-0.15, -0.1) is 0 Å². The number of carbonyl (C=O) groups excluding carboxylic acids is 1. The molecule has 0 atom stereocenters. The molecule has 0 unspecified atom stereocenters. The first-order valence-electron chi connectivity index (χ1n) is 5.87. The molecule has 4 heteroatoms. The Labute approximate surface area is 108 Å². The van der Waals surface area contributed by atoms with E-state index >= 15 is 0 Å². The largest absolute Gasteiger partial charge is 0.369 e. The van der Waals surface area contributed by atoms with Crippen LogP contribution >= 0.6 is 0 Å². The Balaban J connectivity index is 2.60. The minimum Gasteiger partial charge on any atom is -0.369 e. The topological polar surface area (TPSA) is 78.9 Å². The molecule has 0 aromatic heterocycles. The van der Waals surface area contributed by atoms with Gasteiger partial charge in [-0.2, -0.15) is 5.26 Å². The normalized spacial score (nSPS) is 11.0. The van der Waals surface area contributed by atoms with Crippen molar-refractivity contribution < 1.29 is 4.79 Å². The van der Waals surface area contributed by atoms with Gasteiger partial charge in [0, 0.05) is 13.1 Å². The Kier molecular flexibility index (Phi) is 4.46. The van der Waals surface area contributed by atoms with Crippen molar-refractivity contribution in [3.05, 3.63) is 34.9 Å². The van der Waals surface area contributed by atoms with Crippen LogP contribution in [0.5, 0.6) is 0 Å². The maximum Gasteiger partial charge on any atom is 0.224 e. The minimum atomic E-state index is -0.555. The molecule has 0 bridgehead atoms. The third-order valence-corrected chi connectivity index (χ3v) is 3.02. The van der Waals surface area contributed by atoms with Crippen molar-refractivity contribution in [2.24, 2.45) is 11.1 Å². The van der Waals surface area contributed by atoms with Crippen LogP contribution in [0, 0.1) is 23.7 Å². The van der Waals surface area contributed by atoms with E-state index in [4.69, 9.17) is 11.0 Å². The van der Waals surface area contributed by atoms with E-state index in [9.17, 15) is 4.79 Å². The van der Waals surface area contributed by atoms with Crippen LogP contribution in [-0.2, 0) is 11.3 Å². The fourth-order valence-corrected chi connectivity index (χ4v) is 1.56. The van der Waals surface area contributed by atoms with Crippen molar-refractivity contribution in [1.82, 2.24) is 5.32 Å². The third-order valence-electron chi connectivity index (χ3n) is 3.02. The molecule has 1 rings (SSSR count). The quantitative estimate of drug-likeness (QED) is 0.824. The minimum absolute atomic E-state index is 0.313. The molecule has 0 spiro atoms. The van der Waals surface area contributed by atoms with Gasteiger partial charge < -0.3 is 11.1 Å². The van der Waals surface area contributed by atoms with Gasteiger partial charge in [0.2, 0.25) is 5.91 Å². The second-order valence-corrected chi connectivity index (χ2v) is 5.10. The highest BCUT2D eigenvalue weighted by Gasteiger charge is 2.24. The van der Waals surface area contributed by atoms with Gasteiger partial charge in [-0.05, 0) is 44.0 Å². The number of aryl methyl sites for hydroxylation is 1. The highest BCUT2D eigenvalue weighted by Crippen LogP contribution is 2.14. The molecule has 0 fully saturated rings. The Hall–Kier alpha value is -1.86. The number of amides is 1. The number of nitrogens with zero attached hydrogens (tertiary/aromatic N) is 1. The maximum absolute atomic E-state index is 11.2. The number of nitrogens with two attached hydrogens (primary N) is 1. The van der Waals surface area contributed by atoms with E-state index in [1.54, 1.807) is 6.07 Å².